The summed E-state index contributed by atoms with van der Waals surface area (Å²) in [4.78, 5) is 4.11. The highest BCUT2D eigenvalue weighted by Gasteiger charge is 2.12. The van der Waals surface area contributed by atoms with Gasteiger partial charge < -0.3 is 9.73 Å². The zero-order valence-corrected chi connectivity index (χ0v) is 9.60. The third kappa shape index (κ3) is 2.31. The lowest BCUT2D eigenvalue weighted by Gasteiger charge is -2.17. The summed E-state index contributed by atoms with van der Waals surface area (Å²) in [5, 5.41) is 3.33. The van der Waals surface area contributed by atoms with Gasteiger partial charge in [0.25, 0.3) is 0 Å². The van der Waals surface area contributed by atoms with Crippen LogP contribution in [0.5, 0.6) is 0 Å². The third-order valence-corrected chi connectivity index (χ3v) is 2.81. The lowest BCUT2D eigenvalue weighted by atomic mass is 9.98. The van der Waals surface area contributed by atoms with E-state index in [1.165, 1.54) is 16.7 Å². The maximum absolute atomic E-state index is 5.09. The molecule has 0 aliphatic carbocycles. The highest BCUT2D eigenvalue weighted by atomic mass is 16.3. The summed E-state index contributed by atoms with van der Waals surface area (Å²) in [5.41, 5.74) is 3.71. The molecule has 2 aromatic rings. The molecule has 0 saturated carbocycles. The molecule has 0 spiro atoms. The number of nitrogens with one attached hydrogen (secondary N) is 1. The molecule has 0 saturated heterocycles. The van der Waals surface area contributed by atoms with Crippen LogP contribution in [0.15, 0.2) is 41.5 Å². The molecule has 3 heteroatoms. The minimum absolute atomic E-state index is 0.306. The molecule has 1 atom stereocenters. The number of hydrogen-bond donors (Lipinski definition) is 1. The topological polar surface area (TPSA) is 38.1 Å². The molecule has 1 unspecified atom stereocenters. The van der Waals surface area contributed by atoms with E-state index in [9.17, 15) is 0 Å². The van der Waals surface area contributed by atoms with Gasteiger partial charge in [0, 0.05) is 18.4 Å². The van der Waals surface area contributed by atoms with Crippen molar-refractivity contribution in [3.63, 3.8) is 0 Å². The molecule has 2 heterocycles. The monoisotopic (exact) mass is 216 g/mol. The first-order valence-electron chi connectivity index (χ1n) is 5.40. The lowest BCUT2D eigenvalue weighted by Crippen LogP contribution is -2.19. The molecule has 2 rings (SSSR count). The van der Waals surface area contributed by atoms with Gasteiger partial charge >= 0.3 is 0 Å². The van der Waals surface area contributed by atoms with E-state index < -0.39 is 0 Å². The second-order valence-electron chi connectivity index (χ2n) is 3.91. The van der Waals surface area contributed by atoms with Crippen molar-refractivity contribution in [1.29, 1.82) is 0 Å². The van der Waals surface area contributed by atoms with Crippen LogP contribution < -0.4 is 5.32 Å². The second kappa shape index (κ2) is 4.94. The van der Waals surface area contributed by atoms with E-state index in [1.54, 1.807) is 12.5 Å². The summed E-state index contributed by atoms with van der Waals surface area (Å²) in [7, 11) is 1.98. The van der Waals surface area contributed by atoms with Gasteiger partial charge in [-0.2, -0.15) is 0 Å². The fourth-order valence-corrected chi connectivity index (χ4v) is 1.89. The summed E-state index contributed by atoms with van der Waals surface area (Å²) >= 11 is 0. The number of pyridine rings is 1. The van der Waals surface area contributed by atoms with E-state index >= 15 is 0 Å². The van der Waals surface area contributed by atoms with Gasteiger partial charge in [-0.1, -0.05) is 0 Å². The van der Waals surface area contributed by atoms with Crippen LogP contribution in [0.1, 0.15) is 22.7 Å². The zero-order chi connectivity index (χ0) is 11.4. The molecule has 16 heavy (non-hydrogen) atoms. The van der Waals surface area contributed by atoms with E-state index in [0.29, 0.717) is 6.04 Å². The van der Waals surface area contributed by atoms with Crippen LogP contribution in [-0.2, 0) is 6.42 Å². The third-order valence-electron chi connectivity index (χ3n) is 2.81. The van der Waals surface area contributed by atoms with Crippen molar-refractivity contribution in [2.24, 2.45) is 0 Å². The van der Waals surface area contributed by atoms with E-state index in [0.717, 1.165) is 6.42 Å². The minimum atomic E-state index is 0.306. The fourth-order valence-electron chi connectivity index (χ4n) is 1.89. The first-order valence-corrected chi connectivity index (χ1v) is 5.40. The van der Waals surface area contributed by atoms with Crippen molar-refractivity contribution in [2.45, 2.75) is 19.4 Å². The van der Waals surface area contributed by atoms with Gasteiger partial charge in [0.15, 0.2) is 0 Å². The smallest absolute Gasteiger partial charge is 0.0935 e. The zero-order valence-electron chi connectivity index (χ0n) is 9.60. The van der Waals surface area contributed by atoms with E-state index in [4.69, 9.17) is 4.42 Å². The van der Waals surface area contributed by atoms with Crippen LogP contribution in [0, 0.1) is 6.92 Å². The van der Waals surface area contributed by atoms with E-state index in [1.807, 2.05) is 25.5 Å². The van der Waals surface area contributed by atoms with Gasteiger partial charge in [-0.15, -0.1) is 0 Å². The first kappa shape index (κ1) is 10.9. The van der Waals surface area contributed by atoms with E-state index in [2.05, 4.69) is 23.3 Å². The Bertz CT molecular complexity index is 437. The maximum Gasteiger partial charge on any atom is 0.0935 e. The first-order chi connectivity index (χ1) is 7.81. The molecular formula is C13H16N2O. The van der Waals surface area contributed by atoms with Crippen LogP contribution in [-0.4, -0.2) is 12.0 Å². The van der Waals surface area contributed by atoms with Crippen LogP contribution in [0.2, 0.25) is 0 Å². The highest BCUT2D eigenvalue weighted by Crippen LogP contribution is 2.20. The quantitative estimate of drug-likeness (QED) is 0.853. The van der Waals surface area contributed by atoms with Crippen LogP contribution >= 0.6 is 0 Å². The van der Waals surface area contributed by atoms with Gasteiger partial charge in [-0.05, 0) is 49.2 Å². The van der Waals surface area contributed by atoms with E-state index in [-0.39, 0.29) is 0 Å². The molecule has 0 bridgehead atoms. The van der Waals surface area contributed by atoms with Gasteiger partial charge in [0.05, 0.1) is 12.5 Å². The summed E-state index contributed by atoms with van der Waals surface area (Å²) < 4.78 is 5.09. The van der Waals surface area contributed by atoms with Gasteiger partial charge in [0.2, 0.25) is 0 Å². The summed E-state index contributed by atoms with van der Waals surface area (Å²) in [5.74, 6) is 0. The SMILES string of the molecule is CNC(Cc1ccoc1)c1ccncc1C. The Morgan fingerprint density at radius 2 is 2.31 bits per heavy atom. The standard InChI is InChI=1S/C13H16N2O/c1-10-8-15-5-3-12(10)13(14-2)7-11-4-6-16-9-11/h3-6,8-9,13-14H,7H2,1-2H3. The normalized spacial score (nSPS) is 12.6. The molecule has 2 aromatic heterocycles. The van der Waals surface area contributed by atoms with Crippen molar-refractivity contribution in [3.8, 4) is 0 Å². The summed E-state index contributed by atoms with van der Waals surface area (Å²) in [6, 6.07) is 4.37. The van der Waals surface area contributed by atoms with Crippen molar-refractivity contribution >= 4 is 0 Å². The summed E-state index contributed by atoms with van der Waals surface area (Å²) in [6.07, 6.45) is 8.16. The van der Waals surface area contributed by atoms with Gasteiger partial charge in [0.1, 0.15) is 0 Å². The predicted octanol–water partition coefficient (Wildman–Crippen LogP) is 2.49. The number of likely N-dealkylation sites (N-methyl/N-ethyl adjacent to an activating group) is 1. The predicted molar refractivity (Wildman–Crippen MR) is 63.2 cm³/mol. The molecular weight excluding hydrogens is 200 g/mol. The average molecular weight is 216 g/mol. The average Bonchev–Trinajstić information content (AvgIpc) is 2.80. The Hall–Kier alpha value is -1.61. The summed E-state index contributed by atoms with van der Waals surface area (Å²) in [6.45, 7) is 2.09. The largest absolute Gasteiger partial charge is 0.472 e. The molecule has 0 aromatic carbocycles. The van der Waals surface area contributed by atoms with Crippen molar-refractivity contribution < 1.29 is 4.42 Å². The Morgan fingerprint density at radius 3 is 2.94 bits per heavy atom. The number of furan rings is 1. The number of nitrogens with zero attached hydrogens (tertiary/aromatic N) is 1. The molecule has 0 aliphatic rings. The molecule has 3 nitrogen and oxygen atoms in total. The number of rotatable bonds is 4. The Labute approximate surface area is 95.5 Å². The molecule has 0 fully saturated rings. The maximum atomic E-state index is 5.09. The highest BCUT2D eigenvalue weighted by molar-refractivity contribution is 5.27. The van der Waals surface area contributed by atoms with Crippen LogP contribution in [0.25, 0.3) is 0 Å². The van der Waals surface area contributed by atoms with Crippen molar-refractivity contribution in [3.05, 3.63) is 53.7 Å². The lowest BCUT2D eigenvalue weighted by molar-refractivity contribution is 0.551. The van der Waals surface area contributed by atoms with Gasteiger partial charge in [-0.3, -0.25) is 4.98 Å². The number of aryl methyl sites for hydroxylation is 1. The molecule has 0 radical (unpaired) electrons. The minimum Gasteiger partial charge on any atom is -0.472 e. The fraction of sp³-hybridized carbons (Fsp3) is 0.308. The number of aromatic nitrogens is 1. The Kier molecular flexibility index (Phi) is 3.37. The molecule has 84 valence electrons. The van der Waals surface area contributed by atoms with Crippen molar-refractivity contribution in [1.82, 2.24) is 10.3 Å². The molecule has 1 N–H and O–H groups in total. The van der Waals surface area contributed by atoms with Gasteiger partial charge in [-0.25, -0.2) is 0 Å². The Morgan fingerprint density at radius 1 is 1.44 bits per heavy atom. The van der Waals surface area contributed by atoms with Crippen LogP contribution in [0.3, 0.4) is 0 Å². The van der Waals surface area contributed by atoms with Crippen LogP contribution in [0.4, 0.5) is 0 Å². The molecule has 0 aliphatic heterocycles. The Balaban J connectivity index is 2.20. The molecule has 0 amide bonds. The number of hydrogen-bond acceptors (Lipinski definition) is 3. The second-order valence-corrected chi connectivity index (χ2v) is 3.91. The van der Waals surface area contributed by atoms with Crippen molar-refractivity contribution in [2.75, 3.05) is 7.05 Å².